The summed E-state index contributed by atoms with van der Waals surface area (Å²) in [6.45, 7) is 7.70. The Morgan fingerprint density at radius 1 is 1.11 bits per heavy atom. The summed E-state index contributed by atoms with van der Waals surface area (Å²) < 4.78 is 0. The van der Waals surface area contributed by atoms with Crippen molar-refractivity contribution in [2.75, 3.05) is 6.54 Å². The van der Waals surface area contributed by atoms with E-state index in [1.165, 1.54) is 12.8 Å². The molecule has 0 radical (unpaired) electrons. The van der Waals surface area contributed by atoms with Gasteiger partial charge in [0.15, 0.2) is 0 Å². The topological polar surface area (TPSA) is 12.0 Å². The zero-order valence-electron chi connectivity index (χ0n) is 12.2. The van der Waals surface area contributed by atoms with E-state index in [2.05, 4.69) is 26.1 Å². The molecular weight excluding hydrogens is 277 g/mol. The lowest BCUT2D eigenvalue weighted by atomic mass is 9.92. The molecule has 19 heavy (non-hydrogen) atoms. The highest BCUT2D eigenvalue weighted by atomic mass is 35.5. The molecule has 0 heterocycles. The van der Waals surface area contributed by atoms with Crippen molar-refractivity contribution in [3.8, 4) is 0 Å². The predicted octanol–water partition coefficient (Wildman–Crippen LogP) is 5.86. The maximum absolute atomic E-state index is 6.34. The van der Waals surface area contributed by atoms with E-state index in [0.717, 1.165) is 35.0 Å². The Morgan fingerprint density at radius 2 is 1.74 bits per heavy atom. The molecule has 108 valence electrons. The summed E-state index contributed by atoms with van der Waals surface area (Å²) in [6.07, 6.45) is 4.66. The second kappa shape index (κ2) is 8.84. The Balaban J connectivity index is 2.89. The van der Waals surface area contributed by atoms with Crippen molar-refractivity contribution in [1.29, 1.82) is 0 Å². The van der Waals surface area contributed by atoms with Gasteiger partial charge < -0.3 is 5.32 Å². The summed E-state index contributed by atoms with van der Waals surface area (Å²) in [7, 11) is 0. The van der Waals surface area contributed by atoms with Gasteiger partial charge in [-0.3, -0.25) is 0 Å². The number of hydrogen-bond acceptors (Lipinski definition) is 1. The molecule has 0 saturated carbocycles. The molecule has 0 aliphatic carbocycles. The SMILES string of the molecule is CCCNC(CC(C)CCC)c1c(Cl)cccc1Cl. The third-order valence-electron chi connectivity index (χ3n) is 3.41. The molecule has 0 aromatic heterocycles. The number of nitrogens with one attached hydrogen (secondary N) is 1. The maximum Gasteiger partial charge on any atom is 0.0468 e. The Bertz CT molecular complexity index is 359. The van der Waals surface area contributed by atoms with Crippen LogP contribution >= 0.6 is 23.2 Å². The van der Waals surface area contributed by atoms with E-state index in [1.54, 1.807) is 0 Å². The van der Waals surface area contributed by atoms with Crippen LogP contribution in [0.5, 0.6) is 0 Å². The molecule has 0 spiro atoms. The maximum atomic E-state index is 6.34. The van der Waals surface area contributed by atoms with Crippen LogP contribution in [0.1, 0.15) is 58.1 Å². The van der Waals surface area contributed by atoms with Crippen LogP contribution in [0.3, 0.4) is 0 Å². The van der Waals surface area contributed by atoms with Crippen LogP contribution in [0, 0.1) is 5.92 Å². The van der Waals surface area contributed by atoms with Crippen LogP contribution in [0.15, 0.2) is 18.2 Å². The van der Waals surface area contributed by atoms with E-state index in [9.17, 15) is 0 Å². The minimum absolute atomic E-state index is 0.252. The van der Waals surface area contributed by atoms with Crippen LogP contribution in [-0.4, -0.2) is 6.54 Å². The van der Waals surface area contributed by atoms with Crippen LogP contribution in [-0.2, 0) is 0 Å². The van der Waals surface area contributed by atoms with Crippen LogP contribution in [0.25, 0.3) is 0 Å². The summed E-state index contributed by atoms with van der Waals surface area (Å²) in [4.78, 5) is 0. The molecule has 0 fully saturated rings. The van der Waals surface area contributed by atoms with Gasteiger partial charge in [-0.1, -0.05) is 62.9 Å². The van der Waals surface area contributed by atoms with Gasteiger partial charge in [0, 0.05) is 21.7 Å². The molecule has 2 atom stereocenters. The average molecular weight is 302 g/mol. The minimum atomic E-state index is 0.252. The lowest BCUT2D eigenvalue weighted by Crippen LogP contribution is -2.24. The molecule has 0 aliphatic rings. The molecule has 1 rings (SSSR count). The fourth-order valence-electron chi connectivity index (χ4n) is 2.48. The van der Waals surface area contributed by atoms with Crippen LogP contribution < -0.4 is 5.32 Å². The molecule has 1 aromatic rings. The third-order valence-corrected chi connectivity index (χ3v) is 4.07. The van der Waals surface area contributed by atoms with Gasteiger partial charge in [-0.25, -0.2) is 0 Å². The van der Waals surface area contributed by atoms with Crippen molar-refractivity contribution in [2.45, 2.75) is 52.5 Å². The zero-order valence-corrected chi connectivity index (χ0v) is 13.7. The van der Waals surface area contributed by atoms with Crippen molar-refractivity contribution < 1.29 is 0 Å². The third kappa shape index (κ3) is 5.33. The fraction of sp³-hybridized carbons (Fsp3) is 0.625. The first kappa shape index (κ1) is 16.8. The van der Waals surface area contributed by atoms with E-state index in [4.69, 9.17) is 23.2 Å². The van der Waals surface area contributed by atoms with E-state index >= 15 is 0 Å². The highest BCUT2D eigenvalue weighted by molar-refractivity contribution is 6.36. The molecule has 0 saturated heterocycles. The minimum Gasteiger partial charge on any atom is -0.310 e. The van der Waals surface area contributed by atoms with Crippen LogP contribution in [0.2, 0.25) is 10.0 Å². The fourth-order valence-corrected chi connectivity index (χ4v) is 3.14. The van der Waals surface area contributed by atoms with Gasteiger partial charge in [-0.15, -0.1) is 0 Å². The lowest BCUT2D eigenvalue weighted by molar-refractivity contribution is 0.390. The second-order valence-electron chi connectivity index (χ2n) is 5.27. The van der Waals surface area contributed by atoms with Gasteiger partial charge in [0.1, 0.15) is 0 Å². The summed E-state index contributed by atoms with van der Waals surface area (Å²) in [5.74, 6) is 0.673. The molecule has 0 bridgehead atoms. The highest BCUT2D eigenvalue weighted by Crippen LogP contribution is 2.34. The normalized spacial score (nSPS) is 14.4. The Labute approximate surface area is 127 Å². The second-order valence-corrected chi connectivity index (χ2v) is 6.09. The van der Waals surface area contributed by atoms with E-state index < -0.39 is 0 Å². The first-order valence-corrected chi connectivity index (χ1v) is 8.03. The summed E-state index contributed by atoms with van der Waals surface area (Å²) in [5.41, 5.74) is 1.06. The number of halogens is 2. The molecule has 1 N–H and O–H groups in total. The van der Waals surface area contributed by atoms with Gasteiger partial charge in [-0.05, 0) is 37.4 Å². The first-order valence-electron chi connectivity index (χ1n) is 7.27. The van der Waals surface area contributed by atoms with Gasteiger partial charge in [0.25, 0.3) is 0 Å². The van der Waals surface area contributed by atoms with E-state index in [0.29, 0.717) is 5.92 Å². The summed E-state index contributed by atoms with van der Waals surface area (Å²) in [6, 6.07) is 6.00. The molecule has 1 aromatic carbocycles. The standard InChI is InChI=1S/C16H25Cl2N/c1-4-7-12(3)11-15(19-10-5-2)16-13(17)8-6-9-14(16)18/h6,8-9,12,15,19H,4-5,7,10-11H2,1-3H3. The van der Waals surface area contributed by atoms with Crippen LogP contribution in [0.4, 0.5) is 0 Å². The number of rotatable bonds is 8. The van der Waals surface area contributed by atoms with Gasteiger partial charge in [0.05, 0.1) is 0 Å². The number of hydrogen-bond donors (Lipinski definition) is 1. The average Bonchev–Trinajstić information content (AvgIpc) is 2.35. The lowest BCUT2D eigenvalue weighted by Gasteiger charge is -2.24. The quantitative estimate of drug-likeness (QED) is 0.634. The Kier molecular flexibility index (Phi) is 7.82. The van der Waals surface area contributed by atoms with Crippen molar-refractivity contribution in [2.24, 2.45) is 5.92 Å². The number of benzene rings is 1. The molecule has 3 heteroatoms. The van der Waals surface area contributed by atoms with Gasteiger partial charge >= 0.3 is 0 Å². The van der Waals surface area contributed by atoms with Gasteiger partial charge in [-0.2, -0.15) is 0 Å². The molecule has 0 aliphatic heterocycles. The molecule has 2 unspecified atom stereocenters. The Morgan fingerprint density at radius 3 is 2.26 bits per heavy atom. The van der Waals surface area contributed by atoms with Gasteiger partial charge in [0.2, 0.25) is 0 Å². The molecular formula is C16H25Cl2N. The van der Waals surface area contributed by atoms with Crippen molar-refractivity contribution in [1.82, 2.24) is 5.32 Å². The van der Waals surface area contributed by atoms with Crippen molar-refractivity contribution >= 4 is 23.2 Å². The highest BCUT2D eigenvalue weighted by Gasteiger charge is 2.19. The summed E-state index contributed by atoms with van der Waals surface area (Å²) in [5, 5.41) is 5.12. The predicted molar refractivity (Wildman–Crippen MR) is 86.2 cm³/mol. The zero-order chi connectivity index (χ0) is 14.3. The molecule has 0 amide bonds. The monoisotopic (exact) mass is 301 g/mol. The Hall–Kier alpha value is -0.240. The summed E-state index contributed by atoms with van der Waals surface area (Å²) >= 11 is 12.7. The smallest absolute Gasteiger partial charge is 0.0468 e. The first-order chi connectivity index (χ1) is 9.10. The van der Waals surface area contributed by atoms with E-state index in [1.807, 2.05) is 18.2 Å². The van der Waals surface area contributed by atoms with Crippen molar-refractivity contribution in [3.63, 3.8) is 0 Å². The molecule has 1 nitrogen and oxygen atoms in total. The van der Waals surface area contributed by atoms with Crippen molar-refractivity contribution in [3.05, 3.63) is 33.8 Å². The van der Waals surface area contributed by atoms with E-state index in [-0.39, 0.29) is 6.04 Å². The largest absolute Gasteiger partial charge is 0.310 e.